The number of nitrogens with zero attached hydrogens (tertiary/aromatic N) is 2. The highest BCUT2D eigenvalue weighted by Crippen LogP contribution is 2.31. The highest BCUT2D eigenvalue weighted by Gasteiger charge is 2.15. The molecule has 0 saturated heterocycles. The maximum atomic E-state index is 5.56. The number of ether oxygens (including phenoxy) is 1. The normalized spacial score (nSPS) is 13.4. The molecule has 1 N–H and O–H groups in total. The van der Waals surface area contributed by atoms with Crippen LogP contribution < -0.4 is 10.1 Å². The van der Waals surface area contributed by atoms with Crippen molar-refractivity contribution in [1.29, 1.82) is 0 Å². The molecule has 1 aromatic carbocycles. The molecule has 1 aromatic heterocycles. The predicted octanol–water partition coefficient (Wildman–Crippen LogP) is 1.78. The number of aromatic nitrogens is 2. The highest BCUT2D eigenvalue weighted by atomic mass is 16.5. The standard InChI is InChI=1S/C15H19N3O/c1-16-7-5-14-13(10-17-18(14)2)11-3-4-15-12(9-11)6-8-19-15/h3-4,9-10,16H,5-8H2,1-2H3. The molecule has 2 heterocycles. The van der Waals surface area contributed by atoms with E-state index in [0.29, 0.717) is 0 Å². The van der Waals surface area contributed by atoms with Crippen LogP contribution in [0.4, 0.5) is 0 Å². The van der Waals surface area contributed by atoms with Crippen molar-refractivity contribution in [2.75, 3.05) is 20.2 Å². The van der Waals surface area contributed by atoms with E-state index in [1.54, 1.807) is 0 Å². The van der Waals surface area contributed by atoms with Gasteiger partial charge >= 0.3 is 0 Å². The Kier molecular flexibility index (Phi) is 3.25. The van der Waals surface area contributed by atoms with Gasteiger partial charge in [0.05, 0.1) is 12.8 Å². The van der Waals surface area contributed by atoms with Crippen molar-refractivity contribution in [3.8, 4) is 16.9 Å². The zero-order valence-corrected chi connectivity index (χ0v) is 11.4. The quantitative estimate of drug-likeness (QED) is 0.907. The number of fused-ring (bicyclic) bond motifs is 1. The molecule has 100 valence electrons. The van der Waals surface area contributed by atoms with E-state index in [9.17, 15) is 0 Å². The molecule has 4 heteroatoms. The van der Waals surface area contributed by atoms with Crippen LogP contribution in [-0.4, -0.2) is 30.0 Å². The maximum Gasteiger partial charge on any atom is 0.122 e. The second-order valence-corrected chi connectivity index (χ2v) is 4.90. The van der Waals surface area contributed by atoms with Crippen molar-refractivity contribution in [2.24, 2.45) is 7.05 Å². The molecule has 0 radical (unpaired) electrons. The topological polar surface area (TPSA) is 39.1 Å². The second kappa shape index (κ2) is 5.05. The summed E-state index contributed by atoms with van der Waals surface area (Å²) in [6.45, 7) is 1.76. The molecule has 0 atom stereocenters. The fourth-order valence-corrected chi connectivity index (χ4v) is 2.60. The highest BCUT2D eigenvalue weighted by molar-refractivity contribution is 5.68. The first-order chi connectivity index (χ1) is 9.29. The Morgan fingerprint density at radius 2 is 2.32 bits per heavy atom. The average Bonchev–Trinajstić information content (AvgIpc) is 3.02. The van der Waals surface area contributed by atoms with Gasteiger partial charge in [-0.25, -0.2) is 0 Å². The van der Waals surface area contributed by atoms with Crippen LogP contribution in [0.3, 0.4) is 0 Å². The predicted molar refractivity (Wildman–Crippen MR) is 75.5 cm³/mol. The molecule has 3 rings (SSSR count). The zero-order chi connectivity index (χ0) is 13.2. The molecule has 0 aliphatic carbocycles. The van der Waals surface area contributed by atoms with Crippen LogP contribution in [0.1, 0.15) is 11.3 Å². The minimum absolute atomic E-state index is 0.804. The van der Waals surface area contributed by atoms with Gasteiger partial charge in [-0.1, -0.05) is 6.07 Å². The summed E-state index contributed by atoms with van der Waals surface area (Å²) < 4.78 is 7.53. The van der Waals surface area contributed by atoms with Crippen molar-refractivity contribution < 1.29 is 4.74 Å². The summed E-state index contributed by atoms with van der Waals surface area (Å²) in [6, 6.07) is 6.44. The van der Waals surface area contributed by atoms with Gasteiger partial charge in [0.15, 0.2) is 0 Å². The van der Waals surface area contributed by atoms with Crippen LogP contribution in [0, 0.1) is 0 Å². The molecule has 0 unspecified atom stereocenters. The molecule has 1 aliphatic heterocycles. The number of nitrogens with one attached hydrogen (secondary N) is 1. The van der Waals surface area contributed by atoms with E-state index in [1.807, 2.05) is 25.0 Å². The van der Waals surface area contributed by atoms with Gasteiger partial charge in [-0.2, -0.15) is 5.10 Å². The number of likely N-dealkylation sites (N-methyl/N-ethyl adjacent to an activating group) is 1. The van der Waals surface area contributed by atoms with Gasteiger partial charge in [0, 0.05) is 37.7 Å². The van der Waals surface area contributed by atoms with Gasteiger partial charge in [0.1, 0.15) is 5.75 Å². The van der Waals surface area contributed by atoms with Gasteiger partial charge in [0.25, 0.3) is 0 Å². The summed E-state index contributed by atoms with van der Waals surface area (Å²) in [5.41, 5.74) is 5.05. The summed E-state index contributed by atoms with van der Waals surface area (Å²) in [5, 5.41) is 7.59. The van der Waals surface area contributed by atoms with E-state index < -0.39 is 0 Å². The maximum absolute atomic E-state index is 5.56. The summed E-state index contributed by atoms with van der Waals surface area (Å²) in [4.78, 5) is 0. The minimum Gasteiger partial charge on any atom is -0.493 e. The Hall–Kier alpha value is -1.81. The van der Waals surface area contributed by atoms with E-state index >= 15 is 0 Å². The molecule has 1 aliphatic rings. The van der Waals surface area contributed by atoms with Gasteiger partial charge in [-0.05, 0) is 30.3 Å². The Morgan fingerprint density at radius 3 is 3.16 bits per heavy atom. The Bertz CT molecular complexity index is 589. The fourth-order valence-electron chi connectivity index (χ4n) is 2.60. The number of benzene rings is 1. The molecular weight excluding hydrogens is 238 g/mol. The van der Waals surface area contributed by atoms with E-state index in [4.69, 9.17) is 4.74 Å². The van der Waals surface area contributed by atoms with Crippen LogP contribution in [0.2, 0.25) is 0 Å². The number of hydrogen-bond acceptors (Lipinski definition) is 3. The lowest BCUT2D eigenvalue weighted by Crippen LogP contribution is -2.13. The SMILES string of the molecule is CNCCc1c(-c2ccc3c(c2)CCO3)cnn1C. The minimum atomic E-state index is 0.804. The van der Waals surface area contributed by atoms with Crippen molar-refractivity contribution >= 4 is 0 Å². The van der Waals surface area contributed by atoms with E-state index in [2.05, 4.69) is 28.6 Å². The third kappa shape index (κ3) is 2.24. The van der Waals surface area contributed by atoms with Crippen LogP contribution in [0.25, 0.3) is 11.1 Å². The summed E-state index contributed by atoms with van der Waals surface area (Å²) in [6.07, 6.45) is 3.95. The molecular formula is C15H19N3O. The van der Waals surface area contributed by atoms with Gasteiger partial charge in [-0.15, -0.1) is 0 Å². The Labute approximate surface area is 113 Å². The molecule has 0 amide bonds. The lowest BCUT2D eigenvalue weighted by Gasteiger charge is -2.07. The van der Waals surface area contributed by atoms with Crippen molar-refractivity contribution in [3.05, 3.63) is 35.7 Å². The molecule has 0 saturated carbocycles. The van der Waals surface area contributed by atoms with E-state index in [1.165, 1.54) is 22.4 Å². The number of aryl methyl sites for hydroxylation is 1. The molecule has 0 bridgehead atoms. The van der Waals surface area contributed by atoms with Crippen molar-refractivity contribution in [1.82, 2.24) is 15.1 Å². The fraction of sp³-hybridized carbons (Fsp3) is 0.400. The summed E-state index contributed by atoms with van der Waals surface area (Å²) in [7, 11) is 3.98. The lowest BCUT2D eigenvalue weighted by atomic mass is 10.0. The van der Waals surface area contributed by atoms with E-state index in [0.717, 1.165) is 31.7 Å². The molecule has 0 fully saturated rings. The van der Waals surface area contributed by atoms with Crippen LogP contribution in [0.5, 0.6) is 5.75 Å². The molecule has 4 nitrogen and oxygen atoms in total. The monoisotopic (exact) mass is 257 g/mol. The van der Waals surface area contributed by atoms with Crippen LogP contribution in [0.15, 0.2) is 24.4 Å². The Balaban J connectivity index is 1.97. The number of rotatable bonds is 4. The van der Waals surface area contributed by atoms with Crippen molar-refractivity contribution in [2.45, 2.75) is 12.8 Å². The third-order valence-electron chi connectivity index (χ3n) is 3.67. The van der Waals surface area contributed by atoms with Crippen LogP contribution >= 0.6 is 0 Å². The third-order valence-corrected chi connectivity index (χ3v) is 3.67. The summed E-state index contributed by atoms with van der Waals surface area (Å²) in [5.74, 6) is 1.03. The molecule has 0 spiro atoms. The van der Waals surface area contributed by atoms with Gasteiger partial charge in [-0.3, -0.25) is 4.68 Å². The largest absolute Gasteiger partial charge is 0.493 e. The van der Waals surface area contributed by atoms with Crippen LogP contribution in [-0.2, 0) is 19.9 Å². The zero-order valence-electron chi connectivity index (χ0n) is 11.4. The van der Waals surface area contributed by atoms with E-state index in [-0.39, 0.29) is 0 Å². The van der Waals surface area contributed by atoms with Crippen molar-refractivity contribution in [3.63, 3.8) is 0 Å². The molecule has 19 heavy (non-hydrogen) atoms. The van der Waals surface area contributed by atoms with Gasteiger partial charge < -0.3 is 10.1 Å². The average molecular weight is 257 g/mol. The van der Waals surface area contributed by atoms with Gasteiger partial charge in [0.2, 0.25) is 0 Å². The first-order valence-corrected chi connectivity index (χ1v) is 6.71. The first-order valence-electron chi connectivity index (χ1n) is 6.71. The molecule has 2 aromatic rings. The second-order valence-electron chi connectivity index (χ2n) is 4.90. The summed E-state index contributed by atoms with van der Waals surface area (Å²) >= 11 is 0. The first kappa shape index (κ1) is 12.2. The number of hydrogen-bond donors (Lipinski definition) is 1. The smallest absolute Gasteiger partial charge is 0.122 e. The lowest BCUT2D eigenvalue weighted by molar-refractivity contribution is 0.357. The Morgan fingerprint density at radius 1 is 1.42 bits per heavy atom.